The number of amides is 1. The third-order valence-corrected chi connectivity index (χ3v) is 3.31. The van der Waals surface area contributed by atoms with Gasteiger partial charge in [0, 0.05) is 12.8 Å². The summed E-state index contributed by atoms with van der Waals surface area (Å²) in [6.07, 6.45) is 0. The van der Waals surface area contributed by atoms with Crippen LogP contribution >= 0.6 is 0 Å². The second-order valence-corrected chi connectivity index (χ2v) is 5.21. The lowest BCUT2D eigenvalue weighted by atomic mass is 10.2. The van der Waals surface area contributed by atoms with E-state index in [4.69, 9.17) is 4.74 Å². The molecule has 1 unspecified atom stereocenters. The van der Waals surface area contributed by atoms with Crippen LogP contribution in [0.2, 0.25) is 0 Å². The minimum atomic E-state index is -1.62. The van der Waals surface area contributed by atoms with E-state index in [-0.39, 0.29) is 0 Å². The lowest BCUT2D eigenvalue weighted by molar-refractivity contribution is -0.116. The Morgan fingerprint density at radius 3 is 2.62 bits per heavy atom. The number of ether oxygens (including phenoxy) is 1. The maximum Gasteiger partial charge on any atom is 0.246 e. The number of carbonyl (C=O) groups excluding carboxylic acids is 1. The van der Waals surface area contributed by atoms with Gasteiger partial charge in [-0.2, -0.15) is 0 Å². The summed E-state index contributed by atoms with van der Waals surface area (Å²) in [5.41, 5.74) is 1.18. The molecule has 7 heteroatoms. The first kappa shape index (κ1) is 17.8. The molecule has 0 saturated heterocycles. The van der Waals surface area contributed by atoms with Gasteiger partial charge in [0.25, 0.3) is 0 Å². The summed E-state index contributed by atoms with van der Waals surface area (Å²) in [5, 5.41) is 5.18. The van der Waals surface area contributed by atoms with Crippen molar-refractivity contribution < 1.29 is 22.7 Å². The minimum absolute atomic E-state index is 0.416. The van der Waals surface area contributed by atoms with Crippen LogP contribution in [0.5, 0.6) is 0 Å². The normalized spacial score (nSPS) is 11.9. The van der Waals surface area contributed by atoms with Crippen molar-refractivity contribution >= 4 is 17.3 Å². The van der Waals surface area contributed by atoms with Crippen molar-refractivity contribution in [2.24, 2.45) is 0 Å². The second kappa shape index (κ2) is 7.83. The van der Waals surface area contributed by atoms with Crippen LogP contribution in [0.15, 0.2) is 36.4 Å². The number of halogens is 3. The zero-order valence-corrected chi connectivity index (χ0v) is 13.2. The van der Waals surface area contributed by atoms with Crippen LogP contribution in [0.4, 0.5) is 24.5 Å². The molecule has 2 rings (SSSR count). The van der Waals surface area contributed by atoms with E-state index in [0.717, 1.165) is 17.7 Å². The number of rotatable bonds is 6. The third kappa shape index (κ3) is 4.26. The molecule has 2 N–H and O–H groups in total. The minimum Gasteiger partial charge on any atom is -0.380 e. The van der Waals surface area contributed by atoms with Gasteiger partial charge in [-0.3, -0.25) is 4.79 Å². The zero-order valence-electron chi connectivity index (χ0n) is 13.2. The van der Waals surface area contributed by atoms with Crippen LogP contribution in [-0.2, 0) is 16.1 Å². The number of hydrogen-bond donors (Lipinski definition) is 2. The van der Waals surface area contributed by atoms with Crippen molar-refractivity contribution in [3.8, 4) is 0 Å². The summed E-state index contributed by atoms with van der Waals surface area (Å²) in [6, 6.07) is 8.24. The predicted molar refractivity (Wildman–Crippen MR) is 85.2 cm³/mol. The fraction of sp³-hybridized carbons (Fsp3) is 0.235. The van der Waals surface area contributed by atoms with E-state index in [0.29, 0.717) is 12.3 Å². The molecule has 0 aliphatic heterocycles. The average Bonchev–Trinajstić information content (AvgIpc) is 2.56. The molecule has 24 heavy (non-hydrogen) atoms. The van der Waals surface area contributed by atoms with Gasteiger partial charge >= 0.3 is 0 Å². The fourth-order valence-corrected chi connectivity index (χ4v) is 2.10. The highest BCUT2D eigenvalue weighted by atomic mass is 19.2. The lowest BCUT2D eigenvalue weighted by Crippen LogP contribution is -2.32. The maximum absolute atomic E-state index is 13.6. The SMILES string of the molecule is COCc1cccc(NC(C)C(=O)Nc2ccc(F)c(F)c2F)c1. The summed E-state index contributed by atoms with van der Waals surface area (Å²) >= 11 is 0. The van der Waals surface area contributed by atoms with Crippen molar-refractivity contribution in [3.63, 3.8) is 0 Å². The molecule has 0 heterocycles. The number of anilines is 2. The standard InChI is InChI=1S/C17H17F3N2O2/c1-10(21-12-5-3-4-11(8-12)9-24-2)17(23)22-14-7-6-13(18)15(19)16(14)20/h3-8,10,21H,9H2,1-2H3,(H,22,23). The highest BCUT2D eigenvalue weighted by molar-refractivity contribution is 5.96. The van der Waals surface area contributed by atoms with Crippen LogP contribution in [0.1, 0.15) is 12.5 Å². The van der Waals surface area contributed by atoms with Gasteiger partial charge in [-0.1, -0.05) is 12.1 Å². The number of nitrogens with one attached hydrogen (secondary N) is 2. The molecule has 2 aromatic carbocycles. The van der Waals surface area contributed by atoms with Crippen LogP contribution in [0.3, 0.4) is 0 Å². The first-order valence-corrected chi connectivity index (χ1v) is 7.21. The molecule has 0 radical (unpaired) electrons. The molecule has 128 valence electrons. The van der Waals surface area contributed by atoms with Gasteiger partial charge in [0.05, 0.1) is 12.3 Å². The van der Waals surface area contributed by atoms with Crippen molar-refractivity contribution in [1.29, 1.82) is 0 Å². The monoisotopic (exact) mass is 338 g/mol. The highest BCUT2D eigenvalue weighted by Crippen LogP contribution is 2.20. The fourth-order valence-electron chi connectivity index (χ4n) is 2.10. The van der Waals surface area contributed by atoms with Gasteiger partial charge in [-0.25, -0.2) is 13.2 Å². The van der Waals surface area contributed by atoms with Crippen molar-refractivity contribution in [3.05, 3.63) is 59.4 Å². The summed E-state index contributed by atoms with van der Waals surface area (Å²) in [4.78, 5) is 12.1. The largest absolute Gasteiger partial charge is 0.380 e. The molecule has 0 spiro atoms. The maximum atomic E-state index is 13.6. The Morgan fingerprint density at radius 1 is 1.17 bits per heavy atom. The molecule has 1 atom stereocenters. The molecule has 0 saturated carbocycles. The molecular formula is C17H17F3N2O2. The van der Waals surface area contributed by atoms with Crippen LogP contribution < -0.4 is 10.6 Å². The van der Waals surface area contributed by atoms with E-state index in [1.807, 2.05) is 12.1 Å². The van der Waals surface area contributed by atoms with Crippen LogP contribution in [-0.4, -0.2) is 19.1 Å². The van der Waals surface area contributed by atoms with Gasteiger partial charge in [-0.15, -0.1) is 0 Å². The molecule has 0 aromatic heterocycles. The smallest absolute Gasteiger partial charge is 0.246 e. The van der Waals surface area contributed by atoms with Crippen LogP contribution in [0.25, 0.3) is 0 Å². The van der Waals surface area contributed by atoms with Crippen molar-refractivity contribution in [1.82, 2.24) is 0 Å². The Labute approximate surface area is 137 Å². The first-order chi connectivity index (χ1) is 11.4. The number of carbonyl (C=O) groups is 1. The average molecular weight is 338 g/mol. The molecular weight excluding hydrogens is 321 g/mol. The van der Waals surface area contributed by atoms with Gasteiger partial charge in [0.2, 0.25) is 5.91 Å². The quantitative estimate of drug-likeness (QED) is 0.790. The number of hydrogen-bond acceptors (Lipinski definition) is 3. The van der Waals surface area contributed by atoms with Gasteiger partial charge in [0.1, 0.15) is 6.04 Å². The van der Waals surface area contributed by atoms with E-state index in [9.17, 15) is 18.0 Å². The van der Waals surface area contributed by atoms with Crippen molar-refractivity contribution in [2.45, 2.75) is 19.6 Å². The summed E-state index contributed by atoms with van der Waals surface area (Å²) in [5.74, 6) is -4.96. The highest BCUT2D eigenvalue weighted by Gasteiger charge is 2.18. The molecule has 2 aromatic rings. The Bertz CT molecular complexity index is 738. The van der Waals surface area contributed by atoms with E-state index in [1.165, 1.54) is 0 Å². The second-order valence-electron chi connectivity index (χ2n) is 5.21. The molecule has 0 aliphatic carbocycles. The lowest BCUT2D eigenvalue weighted by Gasteiger charge is -2.16. The van der Waals surface area contributed by atoms with Crippen LogP contribution in [0, 0.1) is 17.5 Å². The van der Waals surface area contributed by atoms with E-state index in [1.54, 1.807) is 26.2 Å². The Hall–Kier alpha value is -2.54. The molecule has 0 aliphatic rings. The van der Waals surface area contributed by atoms with E-state index in [2.05, 4.69) is 10.6 Å². The summed E-state index contributed by atoms with van der Waals surface area (Å²) in [7, 11) is 1.58. The molecule has 4 nitrogen and oxygen atoms in total. The van der Waals surface area contributed by atoms with E-state index >= 15 is 0 Å². The Kier molecular flexibility index (Phi) is 5.81. The van der Waals surface area contributed by atoms with Gasteiger partial charge in [0.15, 0.2) is 17.5 Å². The topological polar surface area (TPSA) is 50.4 Å². The summed E-state index contributed by atoms with van der Waals surface area (Å²) in [6.45, 7) is 1.99. The zero-order chi connectivity index (χ0) is 17.7. The predicted octanol–water partition coefficient (Wildman–Crippen LogP) is 3.69. The molecule has 0 bridgehead atoms. The first-order valence-electron chi connectivity index (χ1n) is 7.21. The Morgan fingerprint density at radius 2 is 1.92 bits per heavy atom. The Balaban J connectivity index is 2.05. The summed E-state index contributed by atoms with van der Waals surface area (Å²) < 4.78 is 44.7. The number of methoxy groups -OCH3 is 1. The van der Waals surface area contributed by atoms with E-state index < -0.39 is 35.1 Å². The van der Waals surface area contributed by atoms with Gasteiger partial charge < -0.3 is 15.4 Å². The van der Waals surface area contributed by atoms with Crippen molar-refractivity contribution in [2.75, 3.05) is 17.7 Å². The third-order valence-electron chi connectivity index (χ3n) is 3.31. The number of benzene rings is 2. The molecule has 0 fully saturated rings. The van der Waals surface area contributed by atoms with Gasteiger partial charge in [-0.05, 0) is 36.8 Å². The molecule has 1 amide bonds.